The Labute approximate surface area is 178 Å². The van der Waals surface area contributed by atoms with Crippen molar-refractivity contribution >= 4 is 35.0 Å². The monoisotopic (exact) mass is 437 g/mol. The summed E-state index contributed by atoms with van der Waals surface area (Å²) in [6.45, 7) is 6.32. The van der Waals surface area contributed by atoms with Gasteiger partial charge in [0.25, 0.3) is 0 Å². The summed E-state index contributed by atoms with van der Waals surface area (Å²) in [5, 5.41) is 23.5. The van der Waals surface area contributed by atoms with E-state index in [1.807, 2.05) is 13.8 Å². The van der Waals surface area contributed by atoms with Crippen LogP contribution in [0.1, 0.15) is 49.0 Å². The molecule has 3 aliphatic rings. The predicted molar refractivity (Wildman–Crippen MR) is 113 cm³/mol. The Morgan fingerprint density at radius 2 is 2.14 bits per heavy atom. The first-order chi connectivity index (χ1) is 13.7. The molecule has 4 rings (SSSR count). The standard InChI is InChI=1S/C20H27N3O4S2/c1-8-16-15(10(3)24)19(25)23(16)17(20(26)27)18(8)28-11-6-12(22-7-11)14-5-4-13(29-14)9(2)21/h4-5,8-12,15-16,22,24H,6-7,21H2,1-3H3,(H,26,27)/t8-,9?,10-,11+,12-,15-,16-/m1/s1. The molecule has 4 heterocycles. The van der Waals surface area contributed by atoms with Crippen molar-refractivity contribution in [1.82, 2.24) is 10.2 Å². The highest BCUT2D eigenvalue weighted by Crippen LogP contribution is 2.52. The van der Waals surface area contributed by atoms with E-state index in [9.17, 15) is 19.8 Å². The highest BCUT2D eigenvalue weighted by molar-refractivity contribution is 8.03. The number of nitrogens with two attached hydrogens (primary N) is 1. The maximum absolute atomic E-state index is 12.5. The Morgan fingerprint density at radius 1 is 1.41 bits per heavy atom. The fraction of sp³-hybridized carbons (Fsp3) is 0.600. The lowest BCUT2D eigenvalue weighted by Crippen LogP contribution is -2.63. The molecule has 7 atom stereocenters. The van der Waals surface area contributed by atoms with Crippen LogP contribution in [0.15, 0.2) is 22.7 Å². The Morgan fingerprint density at radius 3 is 2.72 bits per heavy atom. The van der Waals surface area contributed by atoms with Gasteiger partial charge < -0.3 is 26.2 Å². The van der Waals surface area contributed by atoms with E-state index in [4.69, 9.17) is 5.73 Å². The number of rotatable bonds is 6. The zero-order chi connectivity index (χ0) is 21.0. The lowest BCUT2D eigenvalue weighted by Gasteiger charge is -2.46. The van der Waals surface area contributed by atoms with Gasteiger partial charge in [-0.3, -0.25) is 4.79 Å². The van der Waals surface area contributed by atoms with Crippen molar-refractivity contribution < 1.29 is 19.8 Å². The van der Waals surface area contributed by atoms with E-state index >= 15 is 0 Å². The summed E-state index contributed by atoms with van der Waals surface area (Å²) in [4.78, 5) is 29.0. The number of carboxylic acid groups (broad SMARTS) is 1. The summed E-state index contributed by atoms with van der Waals surface area (Å²) in [6.07, 6.45) is 0.117. The second-order valence-electron chi connectivity index (χ2n) is 8.24. The number of aliphatic hydroxyl groups is 1. The summed E-state index contributed by atoms with van der Waals surface area (Å²) < 4.78 is 0. The molecule has 0 bridgehead atoms. The van der Waals surface area contributed by atoms with Crippen molar-refractivity contribution in [3.05, 3.63) is 32.5 Å². The largest absolute Gasteiger partial charge is 0.477 e. The number of carboxylic acids is 1. The van der Waals surface area contributed by atoms with E-state index < -0.39 is 18.0 Å². The maximum atomic E-state index is 12.5. The third kappa shape index (κ3) is 3.42. The number of carbonyl (C=O) groups excluding carboxylic acids is 1. The van der Waals surface area contributed by atoms with Gasteiger partial charge in [-0.25, -0.2) is 4.79 Å². The number of amides is 1. The van der Waals surface area contributed by atoms with Crippen LogP contribution in [0.25, 0.3) is 0 Å². The summed E-state index contributed by atoms with van der Waals surface area (Å²) in [6, 6.07) is 4.19. The molecule has 3 aliphatic heterocycles. The second kappa shape index (κ2) is 7.70. The van der Waals surface area contributed by atoms with Crippen LogP contribution in [0.5, 0.6) is 0 Å². The molecular formula is C20H27N3O4S2. The molecule has 1 aromatic heterocycles. The van der Waals surface area contributed by atoms with Crippen molar-refractivity contribution in [2.75, 3.05) is 6.54 Å². The number of β-lactam (4-membered cyclic amide) rings is 1. The van der Waals surface area contributed by atoms with Gasteiger partial charge in [0.15, 0.2) is 0 Å². The van der Waals surface area contributed by atoms with Crippen LogP contribution < -0.4 is 11.1 Å². The maximum Gasteiger partial charge on any atom is 0.353 e. The van der Waals surface area contributed by atoms with E-state index in [0.717, 1.165) is 22.7 Å². The van der Waals surface area contributed by atoms with Gasteiger partial charge in [-0.2, -0.15) is 0 Å². The van der Waals surface area contributed by atoms with Crippen molar-refractivity contribution in [3.63, 3.8) is 0 Å². The minimum atomic E-state index is -1.07. The molecule has 0 aliphatic carbocycles. The number of thiophene rings is 1. The number of fused-ring (bicyclic) bond motifs is 1. The van der Waals surface area contributed by atoms with Gasteiger partial charge in [0.2, 0.25) is 5.91 Å². The molecule has 2 fully saturated rings. The molecule has 9 heteroatoms. The van der Waals surface area contributed by atoms with Gasteiger partial charge in [0.05, 0.1) is 18.1 Å². The number of thioether (sulfide) groups is 1. The number of aliphatic hydroxyl groups excluding tert-OH is 1. The van der Waals surface area contributed by atoms with Crippen LogP contribution in [0.4, 0.5) is 0 Å². The molecule has 1 unspecified atom stereocenters. The number of hydrogen-bond acceptors (Lipinski definition) is 7. The van der Waals surface area contributed by atoms with Gasteiger partial charge in [-0.05, 0) is 32.4 Å². The molecule has 158 valence electrons. The smallest absolute Gasteiger partial charge is 0.353 e. The molecule has 1 amide bonds. The van der Waals surface area contributed by atoms with Crippen molar-refractivity contribution in [2.45, 2.75) is 56.7 Å². The summed E-state index contributed by atoms with van der Waals surface area (Å²) in [5.74, 6) is -1.96. The van der Waals surface area contributed by atoms with Crippen molar-refractivity contribution in [2.24, 2.45) is 17.6 Å². The number of nitrogens with zero attached hydrogens (tertiary/aromatic N) is 1. The zero-order valence-electron chi connectivity index (χ0n) is 16.7. The first-order valence-electron chi connectivity index (χ1n) is 9.94. The molecule has 0 radical (unpaired) electrons. The second-order valence-corrected chi connectivity index (χ2v) is 10.7. The minimum Gasteiger partial charge on any atom is -0.477 e. The highest BCUT2D eigenvalue weighted by atomic mass is 32.2. The lowest BCUT2D eigenvalue weighted by molar-refractivity contribution is -0.163. The average molecular weight is 438 g/mol. The van der Waals surface area contributed by atoms with Crippen molar-refractivity contribution in [3.8, 4) is 0 Å². The van der Waals surface area contributed by atoms with E-state index in [-0.39, 0.29) is 40.9 Å². The third-order valence-corrected chi connectivity index (χ3v) is 9.05. The average Bonchev–Trinajstić information content (AvgIpc) is 3.33. The summed E-state index contributed by atoms with van der Waals surface area (Å²) in [7, 11) is 0. The van der Waals surface area contributed by atoms with Gasteiger partial charge in [-0.15, -0.1) is 23.1 Å². The molecular weight excluding hydrogens is 410 g/mol. The van der Waals surface area contributed by atoms with Crippen LogP contribution in [-0.4, -0.2) is 50.9 Å². The Hall–Kier alpha value is -1.39. The summed E-state index contributed by atoms with van der Waals surface area (Å²) >= 11 is 3.29. The van der Waals surface area contributed by atoms with Gasteiger partial charge in [-0.1, -0.05) is 6.92 Å². The molecule has 7 nitrogen and oxygen atoms in total. The van der Waals surface area contributed by atoms with Crippen LogP contribution in [0.2, 0.25) is 0 Å². The Bertz CT molecular complexity index is 866. The highest BCUT2D eigenvalue weighted by Gasteiger charge is 2.60. The Kier molecular flexibility index (Phi) is 5.54. The van der Waals surface area contributed by atoms with Crippen molar-refractivity contribution in [1.29, 1.82) is 0 Å². The van der Waals surface area contributed by atoms with Gasteiger partial charge >= 0.3 is 5.97 Å². The molecule has 0 saturated carbocycles. The van der Waals surface area contributed by atoms with E-state index in [1.165, 1.54) is 9.78 Å². The van der Waals surface area contributed by atoms with E-state index in [1.54, 1.807) is 30.0 Å². The number of nitrogens with one attached hydrogen (secondary N) is 1. The molecule has 0 spiro atoms. The molecule has 0 aromatic carbocycles. The molecule has 5 N–H and O–H groups in total. The van der Waals surface area contributed by atoms with E-state index in [0.29, 0.717) is 0 Å². The van der Waals surface area contributed by atoms with Gasteiger partial charge in [0, 0.05) is 44.5 Å². The predicted octanol–water partition coefficient (Wildman–Crippen LogP) is 2.06. The van der Waals surface area contributed by atoms with Crippen LogP contribution in [0.3, 0.4) is 0 Å². The first-order valence-corrected chi connectivity index (χ1v) is 11.6. The molecule has 2 saturated heterocycles. The number of carbonyl (C=O) groups is 2. The number of aliphatic carboxylic acids is 1. The van der Waals surface area contributed by atoms with Crippen LogP contribution >= 0.6 is 23.1 Å². The SMILES string of the molecule is CC(N)c1ccc([C@H]2C[C@H](SC3=C(C(=O)O)N4C(=O)[C@H]([C@@H](C)O)[C@H]4[C@H]3C)CN2)s1. The van der Waals surface area contributed by atoms with E-state index in [2.05, 4.69) is 17.4 Å². The normalized spacial score (nSPS) is 33.6. The summed E-state index contributed by atoms with van der Waals surface area (Å²) in [5.41, 5.74) is 6.08. The molecule has 29 heavy (non-hydrogen) atoms. The first kappa shape index (κ1) is 20.9. The fourth-order valence-corrected chi connectivity index (χ4v) is 7.20. The lowest BCUT2D eigenvalue weighted by atomic mass is 9.79. The quantitative estimate of drug-likeness (QED) is 0.504. The van der Waals surface area contributed by atoms with Crippen LogP contribution in [-0.2, 0) is 9.59 Å². The Balaban J connectivity index is 1.50. The minimum absolute atomic E-state index is 0.0202. The molecule has 1 aromatic rings. The van der Waals surface area contributed by atoms with Crippen LogP contribution in [0, 0.1) is 11.8 Å². The zero-order valence-corrected chi connectivity index (χ0v) is 18.3. The third-order valence-electron chi connectivity index (χ3n) is 6.14. The topological polar surface area (TPSA) is 116 Å². The fourth-order valence-electron chi connectivity index (χ4n) is 4.67. The number of hydrogen-bond donors (Lipinski definition) is 4. The van der Waals surface area contributed by atoms with Gasteiger partial charge in [0.1, 0.15) is 5.70 Å².